The second-order valence-corrected chi connectivity index (χ2v) is 5.22. The monoisotopic (exact) mass is 324 g/mol. The third kappa shape index (κ3) is 3.19. The predicted octanol–water partition coefficient (Wildman–Crippen LogP) is 2.36. The minimum absolute atomic E-state index is 0.0940. The first-order valence-corrected chi connectivity index (χ1v) is 7.06. The maximum absolute atomic E-state index is 12.2. The van der Waals surface area contributed by atoms with E-state index >= 15 is 0 Å². The van der Waals surface area contributed by atoms with E-state index in [0.29, 0.717) is 16.6 Å². The van der Waals surface area contributed by atoms with Crippen molar-refractivity contribution >= 4 is 21.4 Å². The molecule has 0 aliphatic carbocycles. The predicted molar refractivity (Wildman–Crippen MR) is 77.5 cm³/mol. The quantitative estimate of drug-likeness (QED) is 0.780. The number of ether oxygens (including phenoxy) is 1. The number of anilines is 1. The van der Waals surface area contributed by atoms with Crippen LogP contribution in [0.15, 0.2) is 41.3 Å². The van der Waals surface area contributed by atoms with Gasteiger partial charge >= 0.3 is 6.61 Å². The summed E-state index contributed by atoms with van der Waals surface area (Å²) in [6.45, 7) is -2.50. The number of benzene rings is 1. The van der Waals surface area contributed by atoms with E-state index in [1.54, 1.807) is 12.1 Å². The van der Waals surface area contributed by atoms with Crippen molar-refractivity contribution < 1.29 is 13.5 Å². The molecule has 1 aromatic carbocycles. The molecule has 2 aromatic heterocycles. The zero-order valence-electron chi connectivity index (χ0n) is 11.1. The highest BCUT2D eigenvalue weighted by molar-refractivity contribution is 7.20. The van der Waals surface area contributed by atoms with Gasteiger partial charge in [-0.2, -0.15) is 13.3 Å². The average molecular weight is 324 g/mol. The number of alkyl halides is 2. The summed E-state index contributed by atoms with van der Waals surface area (Å²) >= 11 is 1.22. The van der Waals surface area contributed by atoms with Crippen molar-refractivity contribution in [3.8, 4) is 5.75 Å². The van der Waals surface area contributed by atoms with Crippen LogP contribution in [0.3, 0.4) is 0 Å². The van der Waals surface area contributed by atoms with E-state index in [1.165, 1.54) is 40.2 Å². The second-order valence-electron chi connectivity index (χ2n) is 4.26. The normalized spacial score (nSPS) is 11.0. The molecule has 3 aromatic rings. The molecule has 0 saturated heterocycles. The number of hydrogen-bond acceptors (Lipinski definition) is 6. The highest BCUT2D eigenvalue weighted by Crippen LogP contribution is 2.19. The van der Waals surface area contributed by atoms with Crippen LogP contribution in [-0.4, -0.2) is 21.2 Å². The van der Waals surface area contributed by atoms with E-state index in [0.717, 1.165) is 5.56 Å². The van der Waals surface area contributed by atoms with Gasteiger partial charge in [-0.1, -0.05) is 23.5 Å². The van der Waals surface area contributed by atoms with Crippen LogP contribution in [0.5, 0.6) is 5.75 Å². The van der Waals surface area contributed by atoms with Crippen LogP contribution < -0.4 is 15.6 Å². The third-order valence-corrected chi connectivity index (χ3v) is 3.62. The van der Waals surface area contributed by atoms with E-state index < -0.39 is 6.61 Å². The molecule has 0 amide bonds. The Hall–Kier alpha value is -2.55. The number of hydrogen-bond donors (Lipinski definition) is 1. The standard InChI is InChI=1S/C13H10F2N4O2S/c14-11(15)21-9-3-1-2-8(6-9)7-17-12-18-19-10(20)4-5-16-13(19)22-12/h1-6,11H,7H2,(H,17,18). The van der Waals surface area contributed by atoms with Crippen molar-refractivity contribution in [2.24, 2.45) is 0 Å². The van der Waals surface area contributed by atoms with Crippen LogP contribution >= 0.6 is 11.3 Å². The first-order valence-electron chi connectivity index (χ1n) is 6.24. The molecule has 0 spiro atoms. The molecule has 0 bridgehead atoms. The molecule has 0 atom stereocenters. The number of fused-ring (bicyclic) bond motifs is 1. The van der Waals surface area contributed by atoms with Crippen LogP contribution in [0.25, 0.3) is 4.96 Å². The fourth-order valence-corrected chi connectivity index (χ4v) is 2.60. The van der Waals surface area contributed by atoms with E-state index in [4.69, 9.17) is 0 Å². The lowest BCUT2D eigenvalue weighted by Crippen LogP contribution is -2.12. The summed E-state index contributed by atoms with van der Waals surface area (Å²) in [6, 6.07) is 7.68. The Labute approximate surface area is 127 Å². The topological polar surface area (TPSA) is 68.5 Å². The Bertz CT molecular complexity index is 849. The van der Waals surface area contributed by atoms with E-state index in [1.807, 2.05) is 0 Å². The molecule has 0 aliphatic heterocycles. The van der Waals surface area contributed by atoms with Gasteiger partial charge in [-0.25, -0.2) is 4.98 Å². The fraction of sp³-hybridized carbons (Fsp3) is 0.154. The molecule has 2 heterocycles. The molecule has 22 heavy (non-hydrogen) atoms. The SMILES string of the molecule is O=c1ccnc2sc(NCc3cccc(OC(F)F)c3)nn12. The van der Waals surface area contributed by atoms with Crippen LogP contribution in [-0.2, 0) is 6.54 Å². The Kier molecular flexibility index (Phi) is 3.96. The van der Waals surface area contributed by atoms with Crippen LogP contribution in [0.2, 0.25) is 0 Å². The van der Waals surface area contributed by atoms with Crippen molar-refractivity contribution in [2.45, 2.75) is 13.2 Å². The highest BCUT2D eigenvalue weighted by atomic mass is 32.1. The van der Waals surface area contributed by atoms with Crippen molar-refractivity contribution in [3.63, 3.8) is 0 Å². The van der Waals surface area contributed by atoms with E-state index in [-0.39, 0.29) is 11.3 Å². The van der Waals surface area contributed by atoms with Gasteiger partial charge in [0.25, 0.3) is 5.56 Å². The molecule has 0 unspecified atom stereocenters. The Balaban J connectivity index is 1.73. The van der Waals surface area contributed by atoms with Gasteiger partial charge in [-0.15, -0.1) is 5.10 Å². The number of nitrogens with zero attached hydrogens (tertiary/aromatic N) is 3. The molecule has 114 valence electrons. The van der Waals surface area contributed by atoms with Crippen LogP contribution in [0.4, 0.5) is 13.9 Å². The number of rotatable bonds is 5. The van der Waals surface area contributed by atoms with Gasteiger partial charge < -0.3 is 10.1 Å². The Morgan fingerprint density at radius 1 is 1.36 bits per heavy atom. The summed E-state index contributed by atoms with van der Waals surface area (Å²) < 4.78 is 29.9. The molecule has 1 N–H and O–H groups in total. The molecule has 9 heteroatoms. The zero-order valence-corrected chi connectivity index (χ0v) is 11.9. The van der Waals surface area contributed by atoms with E-state index in [2.05, 4.69) is 20.1 Å². The van der Waals surface area contributed by atoms with Crippen LogP contribution in [0, 0.1) is 0 Å². The van der Waals surface area contributed by atoms with Gasteiger partial charge in [0.2, 0.25) is 10.1 Å². The molecule has 3 rings (SSSR count). The van der Waals surface area contributed by atoms with Crippen LogP contribution in [0.1, 0.15) is 5.56 Å². The van der Waals surface area contributed by atoms with Gasteiger partial charge in [0.05, 0.1) is 0 Å². The molecular weight excluding hydrogens is 314 g/mol. The summed E-state index contributed by atoms with van der Waals surface area (Å²) in [5.74, 6) is 0.0940. The maximum atomic E-state index is 12.2. The van der Waals surface area contributed by atoms with E-state index in [9.17, 15) is 13.6 Å². The third-order valence-electron chi connectivity index (χ3n) is 2.74. The molecule has 0 radical (unpaired) electrons. The number of aromatic nitrogens is 3. The van der Waals surface area contributed by atoms with Gasteiger partial charge in [0.1, 0.15) is 5.75 Å². The molecule has 0 aliphatic rings. The second kappa shape index (κ2) is 6.06. The summed E-state index contributed by atoms with van der Waals surface area (Å²) in [7, 11) is 0. The summed E-state index contributed by atoms with van der Waals surface area (Å²) in [5.41, 5.74) is 0.486. The van der Waals surface area contributed by atoms with Gasteiger partial charge in [0, 0.05) is 18.8 Å². The average Bonchev–Trinajstić information content (AvgIpc) is 2.89. The van der Waals surface area contributed by atoms with Crippen molar-refractivity contribution in [1.82, 2.24) is 14.6 Å². The lowest BCUT2D eigenvalue weighted by atomic mass is 10.2. The van der Waals surface area contributed by atoms with Gasteiger partial charge in [0.15, 0.2) is 0 Å². The molecule has 0 saturated carbocycles. The largest absolute Gasteiger partial charge is 0.435 e. The lowest BCUT2D eigenvalue weighted by Gasteiger charge is -2.07. The smallest absolute Gasteiger partial charge is 0.387 e. The maximum Gasteiger partial charge on any atom is 0.387 e. The van der Waals surface area contributed by atoms with Gasteiger partial charge in [-0.3, -0.25) is 4.79 Å². The summed E-state index contributed by atoms with van der Waals surface area (Å²) in [4.78, 5) is 16.1. The molecule has 0 fully saturated rings. The molecular formula is C13H10F2N4O2S. The first kappa shape index (κ1) is 14.4. The first-order chi connectivity index (χ1) is 10.6. The van der Waals surface area contributed by atoms with Gasteiger partial charge in [-0.05, 0) is 17.7 Å². The van der Waals surface area contributed by atoms with Crippen molar-refractivity contribution in [1.29, 1.82) is 0 Å². The minimum atomic E-state index is -2.86. The zero-order chi connectivity index (χ0) is 15.5. The fourth-order valence-electron chi connectivity index (χ4n) is 1.82. The number of halogens is 2. The summed E-state index contributed by atoms with van der Waals surface area (Å²) in [6.07, 6.45) is 1.42. The molecule has 6 nitrogen and oxygen atoms in total. The number of nitrogens with one attached hydrogen (secondary N) is 1. The van der Waals surface area contributed by atoms with Crippen molar-refractivity contribution in [2.75, 3.05) is 5.32 Å². The Morgan fingerprint density at radius 2 is 2.23 bits per heavy atom. The summed E-state index contributed by atoms with van der Waals surface area (Å²) in [5, 5.41) is 7.63. The van der Waals surface area contributed by atoms with Crippen molar-refractivity contribution in [3.05, 3.63) is 52.4 Å². The minimum Gasteiger partial charge on any atom is -0.435 e. The lowest BCUT2D eigenvalue weighted by molar-refractivity contribution is -0.0498. The highest BCUT2D eigenvalue weighted by Gasteiger charge is 2.07. The Morgan fingerprint density at radius 3 is 3.00 bits per heavy atom.